The van der Waals surface area contributed by atoms with Gasteiger partial charge in [0.15, 0.2) is 0 Å². The molecule has 2 aliphatic rings. The SMILES string of the molecule is CC(C)C(=O)N1C[C@H](c2ccc(F)c(Cl)c2)N(C(=O)C(=O)Nc2cnc(N)c(C3CC3)c2)C[C@H]1C. The van der Waals surface area contributed by atoms with Crippen molar-refractivity contribution >= 4 is 40.8 Å². The molecule has 1 saturated carbocycles. The lowest BCUT2D eigenvalue weighted by Crippen LogP contribution is -2.59. The molecule has 0 unspecified atom stereocenters. The van der Waals surface area contributed by atoms with Crippen molar-refractivity contribution in [2.45, 2.75) is 51.6 Å². The monoisotopic (exact) mass is 501 g/mol. The van der Waals surface area contributed by atoms with Crippen LogP contribution in [-0.2, 0) is 14.4 Å². The zero-order valence-corrected chi connectivity index (χ0v) is 20.7. The lowest BCUT2D eigenvalue weighted by Gasteiger charge is -2.45. The summed E-state index contributed by atoms with van der Waals surface area (Å²) in [6.07, 6.45) is 3.45. The van der Waals surface area contributed by atoms with Crippen LogP contribution in [0.1, 0.15) is 56.7 Å². The van der Waals surface area contributed by atoms with Crippen LogP contribution in [0.2, 0.25) is 5.02 Å². The highest BCUT2D eigenvalue weighted by molar-refractivity contribution is 6.39. The van der Waals surface area contributed by atoms with Crippen LogP contribution >= 0.6 is 11.6 Å². The minimum Gasteiger partial charge on any atom is -0.383 e. The number of pyridine rings is 1. The lowest BCUT2D eigenvalue weighted by molar-refractivity contribution is -0.152. The molecular formula is C25H29ClFN5O3. The lowest BCUT2D eigenvalue weighted by atomic mass is 9.98. The minimum absolute atomic E-state index is 0.0622. The maximum atomic E-state index is 13.8. The summed E-state index contributed by atoms with van der Waals surface area (Å²) in [4.78, 5) is 46.4. The molecule has 10 heteroatoms. The second-order valence-electron chi connectivity index (χ2n) is 9.57. The summed E-state index contributed by atoms with van der Waals surface area (Å²) in [7, 11) is 0. The van der Waals surface area contributed by atoms with E-state index in [1.54, 1.807) is 24.8 Å². The average Bonchev–Trinajstić information content (AvgIpc) is 3.66. The Kier molecular flexibility index (Phi) is 6.98. The normalized spacial score (nSPS) is 20.2. The van der Waals surface area contributed by atoms with Gasteiger partial charge >= 0.3 is 11.8 Å². The van der Waals surface area contributed by atoms with E-state index in [1.807, 2.05) is 6.92 Å². The number of halogens is 2. The molecule has 2 heterocycles. The number of amides is 3. The Balaban J connectivity index is 1.60. The molecule has 0 radical (unpaired) electrons. The molecule has 0 spiro atoms. The summed E-state index contributed by atoms with van der Waals surface area (Å²) in [5.74, 6) is -1.73. The van der Waals surface area contributed by atoms with E-state index in [-0.39, 0.29) is 36.0 Å². The van der Waals surface area contributed by atoms with E-state index in [1.165, 1.54) is 29.3 Å². The molecule has 2 fully saturated rings. The topological polar surface area (TPSA) is 109 Å². The molecule has 3 amide bonds. The van der Waals surface area contributed by atoms with Crippen molar-refractivity contribution in [1.82, 2.24) is 14.8 Å². The second-order valence-corrected chi connectivity index (χ2v) is 9.98. The highest BCUT2D eigenvalue weighted by Gasteiger charge is 2.40. The van der Waals surface area contributed by atoms with Crippen LogP contribution in [-0.4, -0.2) is 51.6 Å². The summed E-state index contributed by atoms with van der Waals surface area (Å²) in [5, 5.41) is 2.54. The Labute approximate surface area is 208 Å². The van der Waals surface area contributed by atoms with Gasteiger partial charge < -0.3 is 20.9 Å². The maximum Gasteiger partial charge on any atom is 0.313 e. The summed E-state index contributed by atoms with van der Waals surface area (Å²) in [6, 6.07) is 4.94. The fraction of sp³-hybridized carbons (Fsp3) is 0.440. The number of hydrogen-bond donors (Lipinski definition) is 2. The van der Waals surface area contributed by atoms with Crippen LogP contribution < -0.4 is 11.1 Å². The summed E-state index contributed by atoms with van der Waals surface area (Å²) in [6.45, 7) is 5.74. The third-order valence-electron chi connectivity index (χ3n) is 6.52. The molecular weight excluding hydrogens is 473 g/mol. The quantitative estimate of drug-likeness (QED) is 0.620. The van der Waals surface area contributed by atoms with Gasteiger partial charge in [0.05, 0.1) is 22.9 Å². The van der Waals surface area contributed by atoms with E-state index in [0.717, 1.165) is 18.4 Å². The molecule has 35 heavy (non-hydrogen) atoms. The van der Waals surface area contributed by atoms with Crippen molar-refractivity contribution in [2.75, 3.05) is 24.1 Å². The first-order chi connectivity index (χ1) is 16.6. The van der Waals surface area contributed by atoms with E-state index in [2.05, 4.69) is 10.3 Å². The molecule has 1 aliphatic heterocycles. The molecule has 8 nitrogen and oxygen atoms in total. The molecule has 1 aliphatic carbocycles. The first-order valence-corrected chi connectivity index (χ1v) is 12.1. The number of nitrogen functional groups attached to an aromatic ring is 1. The van der Waals surface area contributed by atoms with Gasteiger partial charge in [-0.2, -0.15) is 0 Å². The number of hydrogen-bond acceptors (Lipinski definition) is 5. The van der Waals surface area contributed by atoms with E-state index in [0.29, 0.717) is 23.0 Å². The molecule has 2 aromatic rings. The van der Waals surface area contributed by atoms with Crippen LogP contribution in [0, 0.1) is 11.7 Å². The first kappa shape index (κ1) is 24.9. The van der Waals surface area contributed by atoms with E-state index >= 15 is 0 Å². The number of nitrogens with two attached hydrogens (primary N) is 1. The number of piperazine rings is 1. The van der Waals surface area contributed by atoms with Gasteiger partial charge in [0.2, 0.25) is 5.91 Å². The van der Waals surface area contributed by atoms with Gasteiger partial charge in [-0.25, -0.2) is 9.37 Å². The minimum atomic E-state index is -0.827. The number of anilines is 2. The fourth-order valence-corrected chi connectivity index (χ4v) is 4.63. The van der Waals surface area contributed by atoms with Gasteiger partial charge in [-0.15, -0.1) is 0 Å². The Morgan fingerprint density at radius 2 is 1.89 bits per heavy atom. The number of carbonyl (C=O) groups excluding carboxylic acids is 3. The van der Waals surface area contributed by atoms with Crippen molar-refractivity contribution in [1.29, 1.82) is 0 Å². The number of rotatable bonds is 4. The Bertz CT molecular complexity index is 1170. The van der Waals surface area contributed by atoms with Gasteiger partial charge in [0, 0.05) is 25.0 Å². The predicted octanol–water partition coefficient (Wildman–Crippen LogP) is 3.73. The Morgan fingerprint density at radius 3 is 2.51 bits per heavy atom. The number of nitrogens with one attached hydrogen (secondary N) is 1. The van der Waals surface area contributed by atoms with Crippen molar-refractivity contribution in [3.05, 3.63) is 52.4 Å². The molecule has 0 bridgehead atoms. The standard InChI is InChI=1S/C25H29ClFN5O3/c1-13(2)24(34)31-12-21(16-6-7-20(27)19(26)8-16)32(11-14(31)3)25(35)23(33)30-17-9-18(15-4-5-15)22(28)29-10-17/h6-10,13-15,21H,4-5,11-12H2,1-3H3,(H2,28,29)(H,30,33)/t14-,21-/m1/s1. The molecule has 1 aromatic carbocycles. The first-order valence-electron chi connectivity index (χ1n) is 11.7. The Hall–Kier alpha value is -3.20. The van der Waals surface area contributed by atoms with Crippen molar-refractivity contribution in [2.24, 2.45) is 5.92 Å². The molecule has 2 atom stereocenters. The van der Waals surface area contributed by atoms with E-state index in [4.69, 9.17) is 17.3 Å². The van der Waals surface area contributed by atoms with Gasteiger partial charge in [-0.05, 0) is 55.0 Å². The summed E-state index contributed by atoms with van der Waals surface area (Å²) >= 11 is 6.01. The zero-order valence-electron chi connectivity index (χ0n) is 19.9. The highest BCUT2D eigenvalue weighted by atomic mass is 35.5. The van der Waals surface area contributed by atoms with Crippen LogP contribution in [0.25, 0.3) is 0 Å². The molecule has 1 saturated heterocycles. The van der Waals surface area contributed by atoms with Crippen molar-refractivity contribution in [3.8, 4) is 0 Å². The van der Waals surface area contributed by atoms with Crippen LogP contribution in [0.5, 0.6) is 0 Å². The number of aromatic nitrogens is 1. The van der Waals surface area contributed by atoms with Gasteiger partial charge in [0.1, 0.15) is 11.6 Å². The van der Waals surface area contributed by atoms with E-state index < -0.39 is 23.7 Å². The largest absolute Gasteiger partial charge is 0.383 e. The third kappa shape index (κ3) is 5.24. The van der Waals surface area contributed by atoms with Gasteiger partial charge in [-0.1, -0.05) is 31.5 Å². The number of benzene rings is 1. The fourth-order valence-electron chi connectivity index (χ4n) is 4.44. The maximum absolute atomic E-state index is 13.8. The number of nitrogens with zero attached hydrogens (tertiary/aromatic N) is 3. The smallest absolute Gasteiger partial charge is 0.313 e. The summed E-state index contributed by atoms with van der Waals surface area (Å²) in [5.41, 5.74) is 7.74. The van der Waals surface area contributed by atoms with Gasteiger partial charge in [0.25, 0.3) is 0 Å². The third-order valence-corrected chi connectivity index (χ3v) is 6.81. The van der Waals surface area contributed by atoms with Gasteiger partial charge in [-0.3, -0.25) is 14.4 Å². The molecule has 4 rings (SSSR count). The van der Waals surface area contributed by atoms with E-state index in [9.17, 15) is 18.8 Å². The highest BCUT2D eigenvalue weighted by Crippen LogP contribution is 2.42. The van der Waals surface area contributed by atoms with Crippen LogP contribution in [0.15, 0.2) is 30.5 Å². The number of carbonyl (C=O) groups is 3. The zero-order chi connectivity index (χ0) is 25.4. The predicted molar refractivity (Wildman–Crippen MR) is 131 cm³/mol. The van der Waals surface area contributed by atoms with Crippen molar-refractivity contribution < 1.29 is 18.8 Å². The second kappa shape index (κ2) is 9.81. The molecule has 186 valence electrons. The average molecular weight is 502 g/mol. The molecule has 3 N–H and O–H groups in total. The van der Waals surface area contributed by atoms with Crippen LogP contribution in [0.3, 0.4) is 0 Å². The van der Waals surface area contributed by atoms with Crippen LogP contribution in [0.4, 0.5) is 15.9 Å². The van der Waals surface area contributed by atoms with Crippen molar-refractivity contribution in [3.63, 3.8) is 0 Å². The molecule has 1 aromatic heterocycles. The Morgan fingerprint density at radius 1 is 1.17 bits per heavy atom. The summed E-state index contributed by atoms with van der Waals surface area (Å²) < 4.78 is 13.8.